The summed E-state index contributed by atoms with van der Waals surface area (Å²) in [6.07, 6.45) is 0. The highest BCUT2D eigenvalue weighted by molar-refractivity contribution is 5.97. The van der Waals surface area contributed by atoms with Crippen molar-refractivity contribution in [2.75, 3.05) is 25.1 Å². The fourth-order valence-corrected chi connectivity index (χ4v) is 3.03. The number of ether oxygens (including phenoxy) is 1. The first-order valence-corrected chi connectivity index (χ1v) is 8.13. The van der Waals surface area contributed by atoms with Gasteiger partial charge < -0.3 is 9.64 Å². The Bertz CT molecular complexity index is 782. The van der Waals surface area contributed by atoms with Gasteiger partial charge in [-0.3, -0.25) is 9.69 Å². The van der Waals surface area contributed by atoms with Gasteiger partial charge in [0.2, 0.25) is 5.91 Å². The second kappa shape index (κ2) is 7.19. The van der Waals surface area contributed by atoms with Crippen LogP contribution in [0.15, 0.2) is 42.5 Å². The van der Waals surface area contributed by atoms with Crippen molar-refractivity contribution in [1.29, 1.82) is 0 Å². The number of carbonyl (C=O) groups excluding carboxylic acids is 1. The number of amides is 1. The molecule has 6 heteroatoms. The lowest BCUT2D eigenvalue weighted by atomic mass is 10.1. The number of hydrogen-bond acceptors (Lipinski definition) is 3. The van der Waals surface area contributed by atoms with E-state index >= 15 is 0 Å². The fourth-order valence-electron chi connectivity index (χ4n) is 3.03. The van der Waals surface area contributed by atoms with Gasteiger partial charge in [-0.25, -0.2) is 8.78 Å². The summed E-state index contributed by atoms with van der Waals surface area (Å²) in [5.41, 5.74) is 1.17. The number of rotatable bonds is 4. The summed E-state index contributed by atoms with van der Waals surface area (Å²) in [7, 11) is 1.58. The van der Waals surface area contributed by atoms with Crippen molar-refractivity contribution in [2.45, 2.75) is 19.5 Å². The molecule has 1 aliphatic rings. The third kappa shape index (κ3) is 3.64. The van der Waals surface area contributed by atoms with Gasteiger partial charge in [0.05, 0.1) is 13.2 Å². The van der Waals surface area contributed by atoms with Gasteiger partial charge in [-0.15, -0.1) is 0 Å². The van der Waals surface area contributed by atoms with Crippen LogP contribution < -0.4 is 9.64 Å². The number of halogens is 2. The van der Waals surface area contributed by atoms with Crippen LogP contribution in [0.1, 0.15) is 12.5 Å². The van der Waals surface area contributed by atoms with Crippen molar-refractivity contribution in [3.05, 3.63) is 59.7 Å². The Labute approximate surface area is 145 Å². The van der Waals surface area contributed by atoms with E-state index in [0.717, 1.165) is 11.8 Å². The second-order valence-corrected chi connectivity index (χ2v) is 6.07. The lowest BCUT2D eigenvalue weighted by Gasteiger charge is -2.39. The molecule has 0 N–H and O–H groups in total. The predicted octanol–water partition coefficient (Wildman–Crippen LogP) is 3.21. The minimum Gasteiger partial charge on any atom is -0.497 e. The van der Waals surface area contributed by atoms with E-state index in [4.69, 9.17) is 4.74 Å². The highest BCUT2D eigenvalue weighted by Gasteiger charge is 2.32. The Morgan fingerprint density at radius 3 is 2.68 bits per heavy atom. The molecule has 0 spiro atoms. The van der Waals surface area contributed by atoms with Crippen molar-refractivity contribution in [3.8, 4) is 5.75 Å². The van der Waals surface area contributed by atoms with Gasteiger partial charge in [0.1, 0.15) is 17.4 Å². The highest BCUT2D eigenvalue weighted by Crippen LogP contribution is 2.25. The molecule has 1 heterocycles. The Morgan fingerprint density at radius 1 is 1.16 bits per heavy atom. The monoisotopic (exact) mass is 346 g/mol. The van der Waals surface area contributed by atoms with Crippen LogP contribution in [0, 0.1) is 11.6 Å². The Morgan fingerprint density at radius 2 is 1.96 bits per heavy atom. The molecular weight excluding hydrogens is 326 g/mol. The van der Waals surface area contributed by atoms with E-state index in [1.807, 2.05) is 29.2 Å². The largest absolute Gasteiger partial charge is 0.497 e. The summed E-state index contributed by atoms with van der Waals surface area (Å²) >= 11 is 0. The number of piperazine rings is 1. The molecule has 132 valence electrons. The van der Waals surface area contributed by atoms with Crippen molar-refractivity contribution in [3.63, 3.8) is 0 Å². The standard InChI is InChI=1S/C19H20F2N2O2/c1-13-19(24)23(16-4-3-5-17(11-16)25-2)9-8-22(13)12-14-6-7-15(20)10-18(14)21/h3-7,10-11,13H,8-9,12H2,1-2H3. The third-order valence-electron chi connectivity index (χ3n) is 4.54. The normalized spacial score (nSPS) is 18.5. The summed E-state index contributed by atoms with van der Waals surface area (Å²) in [6, 6.07) is 10.5. The number of hydrogen-bond donors (Lipinski definition) is 0. The van der Waals surface area contributed by atoms with E-state index in [0.29, 0.717) is 24.4 Å². The summed E-state index contributed by atoms with van der Waals surface area (Å²) in [5, 5.41) is 0. The summed E-state index contributed by atoms with van der Waals surface area (Å²) in [5.74, 6) is -0.557. The second-order valence-electron chi connectivity index (χ2n) is 6.07. The maximum absolute atomic E-state index is 13.9. The maximum atomic E-state index is 13.9. The van der Waals surface area contributed by atoms with Crippen LogP contribution in [0.4, 0.5) is 14.5 Å². The molecule has 3 rings (SSSR count). The zero-order valence-electron chi connectivity index (χ0n) is 14.2. The first-order chi connectivity index (χ1) is 12.0. The number of nitrogens with zero attached hydrogens (tertiary/aromatic N) is 2. The zero-order valence-corrected chi connectivity index (χ0v) is 14.2. The van der Waals surface area contributed by atoms with E-state index in [1.165, 1.54) is 12.1 Å². The van der Waals surface area contributed by atoms with Crippen LogP contribution >= 0.6 is 0 Å². The summed E-state index contributed by atoms with van der Waals surface area (Å²) in [6.45, 7) is 3.17. The lowest BCUT2D eigenvalue weighted by molar-refractivity contribution is -0.125. The summed E-state index contributed by atoms with van der Waals surface area (Å²) < 4.78 is 32.1. The van der Waals surface area contributed by atoms with Crippen molar-refractivity contribution in [2.24, 2.45) is 0 Å². The molecule has 1 atom stereocenters. The fraction of sp³-hybridized carbons (Fsp3) is 0.316. The van der Waals surface area contributed by atoms with Crippen LogP contribution in [0.5, 0.6) is 5.75 Å². The summed E-state index contributed by atoms with van der Waals surface area (Å²) in [4.78, 5) is 16.4. The van der Waals surface area contributed by atoms with Crippen molar-refractivity contribution in [1.82, 2.24) is 4.90 Å². The van der Waals surface area contributed by atoms with Gasteiger partial charge in [-0.2, -0.15) is 0 Å². The number of anilines is 1. The number of carbonyl (C=O) groups is 1. The van der Waals surface area contributed by atoms with Crippen LogP contribution in [0.25, 0.3) is 0 Å². The van der Waals surface area contributed by atoms with E-state index < -0.39 is 17.7 Å². The maximum Gasteiger partial charge on any atom is 0.244 e. The van der Waals surface area contributed by atoms with Gasteiger partial charge >= 0.3 is 0 Å². The number of benzene rings is 2. The van der Waals surface area contributed by atoms with Gasteiger partial charge in [0.25, 0.3) is 0 Å². The SMILES string of the molecule is COc1cccc(N2CCN(Cc3ccc(F)cc3F)C(C)C2=O)c1. The number of methoxy groups -OCH3 is 1. The van der Waals surface area contributed by atoms with Gasteiger partial charge in [0, 0.05) is 43.0 Å². The predicted molar refractivity (Wildman–Crippen MR) is 91.6 cm³/mol. The molecule has 1 amide bonds. The molecule has 0 bridgehead atoms. The lowest BCUT2D eigenvalue weighted by Crippen LogP contribution is -2.55. The smallest absolute Gasteiger partial charge is 0.244 e. The van der Waals surface area contributed by atoms with Gasteiger partial charge in [-0.1, -0.05) is 12.1 Å². The van der Waals surface area contributed by atoms with Crippen LogP contribution in [0.3, 0.4) is 0 Å². The first kappa shape index (κ1) is 17.4. The zero-order chi connectivity index (χ0) is 18.0. The van der Waals surface area contributed by atoms with E-state index in [9.17, 15) is 13.6 Å². The minimum absolute atomic E-state index is 0.0537. The molecule has 1 unspecified atom stereocenters. The Balaban J connectivity index is 1.74. The molecule has 0 radical (unpaired) electrons. The molecule has 0 saturated carbocycles. The molecule has 25 heavy (non-hydrogen) atoms. The van der Waals surface area contributed by atoms with Gasteiger partial charge in [-0.05, 0) is 25.1 Å². The molecule has 4 nitrogen and oxygen atoms in total. The third-order valence-corrected chi connectivity index (χ3v) is 4.54. The Hall–Kier alpha value is -2.47. The molecule has 0 aliphatic carbocycles. The molecule has 1 saturated heterocycles. The van der Waals surface area contributed by atoms with E-state index in [1.54, 1.807) is 18.9 Å². The van der Waals surface area contributed by atoms with Crippen LogP contribution in [-0.4, -0.2) is 37.0 Å². The van der Waals surface area contributed by atoms with Crippen molar-refractivity contribution >= 4 is 11.6 Å². The van der Waals surface area contributed by atoms with Crippen LogP contribution in [-0.2, 0) is 11.3 Å². The minimum atomic E-state index is -0.604. The Kier molecular flexibility index (Phi) is 4.99. The molecule has 0 aromatic heterocycles. The topological polar surface area (TPSA) is 32.8 Å². The van der Waals surface area contributed by atoms with E-state index in [2.05, 4.69) is 0 Å². The molecule has 2 aromatic rings. The first-order valence-electron chi connectivity index (χ1n) is 8.13. The van der Waals surface area contributed by atoms with Crippen molar-refractivity contribution < 1.29 is 18.3 Å². The molecule has 1 fully saturated rings. The average molecular weight is 346 g/mol. The van der Waals surface area contributed by atoms with Crippen LogP contribution in [0.2, 0.25) is 0 Å². The molecule has 2 aromatic carbocycles. The quantitative estimate of drug-likeness (QED) is 0.852. The van der Waals surface area contributed by atoms with E-state index in [-0.39, 0.29) is 12.5 Å². The highest BCUT2D eigenvalue weighted by atomic mass is 19.1. The van der Waals surface area contributed by atoms with Gasteiger partial charge in [0.15, 0.2) is 0 Å². The molecule has 1 aliphatic heterocycles. The molecular formula is C19H20F2N2O2. The average Bonchev–Trinajstić information content (AvgIpc) is 2.61.